The Kier molecular flexibility index (Phi) is 4.57. The molecule has 0 saturated heterocycles. The van der Waals surface area contributed by atoms with Gasteiger partial charge in [0.25, 0.3) is 11.8 Å². The molecule has 4 N–H and O–H groups in total. The number of aromatic nitrogens is 3. The second-order valence-electron chi connectivity index (χ2n) is 6.09. The molecule has 0 aliphatic heterocycles. The van der Waals surface area contributed by atoms with Crippen LogP contribution in [0.15, 0.2) is 12.3 Å². The van der Waals surface area contributed by atoms with E-state index in [9.17, 15) is 22.8 Å². The highest BCUT2D eigenvalue weighted by Crippen LogP contribution is 2.37. The van der Waals surface area contributed by atoms with Crippen LogP contribution in [0.5, 0.6) is 0 Å². The molecule has 3 rings (SSSR count). The quantitative estimate of drug-likeness (QED) is 0.842. The van der Waals surface area contributed by atoms with E-state index in [-0.39, 0.29) is 35.7 Å². The molecule has 2 aromatic heterocycles. The fourth-order valence-corrected chi connectivity index (χ4v) is 3.31. The topological polar surface area (TPSA) is 126 Å². The summed E-state index contributed by atoms with van der Waals surface area (Å²) in [6.07, 6.45) is -3.33. The van der Waals surface area contributed by atoms with Crippen LogP contribution in [0.3, 0.4) is 0 Å². The molecule has 1 saturated carbocycles. The van der Waals surface area contributed by atoms with Gasteiger partial charge in [0, 0.05) is 12.1 Å². The van der Waals surface area contributed by atoms with Gasteiger partial charge in [-0.15, -0.1) is 13.2 Å². The standard InChI is InChI=1S/C15H16F3N5O3/c16-15(17,18)26-8-3-1-7(2-4-8)11-10(13(20)25)14-21-6-5-9(12(19)24)23(14)22-11/h5-8H,1-4H2,(H2,19,24)(H2,20,25). The maximum atomic E-state index is 12.3. The Morgan fingerprint density at radius 1 is 1.15 bits per heavy atom. The third kappa shape index (κ3) is 3.47. The molecule has 1 aliphatic carbocycles. The van der Waals surface area contributed by atoms with Crippen molar-refractivity contribution in [3.63, 3.8) is 0 Å². The SMILES string of the molecule is NC(=O)c1c(C2CCC(OC(F)(F)F)CC2)nn2c(C(N)=O)ccnc12. The Morgan fingerprint density at radius 3 is 2.35 bits per heavy atom. The van der Waals surface area contributed by atoms with Gasteiger partial charge in [0.05, 0.1) is 11.8 Å². The lowest BCUT2D eigenvalue weighted by molar-refractivity contribution is -0.345. The van der Waals surface area contributed by atoms with Gasteiger partial charge in [0.15, 0.2) is 5.65 Å². The molecule has 1 fully saturated rings. The predicted molar refractivity (Wildman–Crippen MR) is 82.2 cm³/mol. The molecular weight excluding hydrogens is 355 g/mol. The smallest absolute Gasteiger partial charge is 0.365 e. The van der Waals surface area contributed by atoms with Crippen LogP contribution in [0.25, 0.3) is 5.65 Å². The number of carbonyl (C=O) groups is 2. The minimum atomic E-state index is -4.68. The molecule has 2 heterocycles. The fraction of sp³-hybridized carbons (Fsp3) is 0.467. The Balaban J connectivity index is 1.93. The second-order valence-corrected chi connectivity index (χ2v) is 6.09. The number of hydrogen-bond acceptors (Lipinski definition) is 5. The summed E-state index contributed by atoms with van der Waals surface area (Å²) in [6.45, 7) is 0. The maximum absolute atomic E-state index is 12.3. The third-order valence-corrected chi connectivity index (χ3v) is 4.41. The molecule has 11 heteroatoms. The first-order valence-electron chi connectivity index (χ1n) is 7.89. The Morgan fingerprint density at radius 2 is 1.81 bits per heavy atom. The zero-order valence-electron chi connectivity index (χ0n) is 13.5. The van der Waals surface area contributed by atoms with E-state index in [2.05, 4.69) is 14.8 Å². The number of nitrogens with two attached hydrogens (primary N) is 2. The summed E-state index contributed by atoms with van der Waals surface area (Å²) >= 11 is 0. The number of fused-ring (bicyclic) bond motifs is 1. The van der Waals surface area contributed by atoms with Crippen LogP contribution in [0, 0.1) is 0 Å². The molecule has 0 unspecified atom stereocenters. The molecule has 2 aromatic rings. The molecule has 0 spiro atoms. The van der Waals surface area contributed by atoms with Crippen LogP contribution in [-0.4, -0.2) is 38.9 Å². The molecule has 26 heavy (non-hydrogen) atoms. The molecule has 0 atom stereocenters. The zero-order chi connectivity index (χ0) is 19.1. The van der Waals surface area contributed by atoms with Crippen molar-refractivity contribution in [3.05, 3.63) is 29.2 Å². The number of halogens is 3. The number of primary amides is 2. The number of rotatable bonds is 4. The van der Waals surface area contributed by atoms with Crippen LogP contribution >= 0.6 is 0 Å². The average molecular weight is 371 g/mol. The number of alkyl halides is 3. The number of hydrogen-bond donors (Lipinski definition) is 2. The van der Waals surface area contributed by atoms with Crippen molar-refractivity contribution in [3.8, 4) is 0 Å². The van der Waals surface area contributed by atoms with Gasteiger partial charge in [-0.3, -0.25) is 14.3 Å². The highest BCUT2D eigenvalue weighted by Gasteiger charge is 2.37. The van der Waals surface area contributed by atoms with E-state index in [1.54, 1.807) is 0 Å². The van der Waals surface area contributed by atoms with Crippen LogP contribution in [0.1, 0.15) is 58.1 Å². The van der Waals surface area contributed by atoms with Crippen molar-refractivity contribution < 1.29 is 27.5 Å². The van der Waals surface area contributed by atoms with Crippen molar-refractivity contribution in [1.82, 2.24) is 14.6 Å². The average Bonchev–Trinajstić information content (AvgIpc) is 2.93. The second kappa shape index (κ2) is 6.56. The lowest BCUT2D eigenvalue weighted by Crippen LogP contribution is -2.28. The normalized spacial score (nSPS) is 21.0. The number of ether oxygens (including phenoxy) is 1. The summed E-state index contributed by atoms with van der Waals surface area (Å²) in [6, 6.07) is 1.35. The summed E-state index contributed by atoms with van der Waals surface area (Å²) in [4.78, 5) is 27.5. The van der Waals surface area contributed by atoms with Crippen molar-refractivity contribution in [2.75, 3.05) is 0 Å². The highest BCUT2D eigenvalue weighted by atomic mass is 19.4. The molecule has 0 aromatic carbocycles. The molecule has 0 radical (unpaired) electrons. The third-order valence-electron chi connectivity index (χ3n) is 4.41. The van der Waals surface area contributed by atoms with Gasteiger partial charge < -0.3 is 11.5 Å². The first-order valence-corrected chi connectivity index (χ1v) is 7.89. The zero-order valence-corrected chi connectivity index (χ0v) is 13.5. The van der Waals surface area contributed by atoms with E-state index in [1.807, 2.05) is 0 Å². The molecule has 1 aliphatic rings. The lowest BCUT2D eigenvalue weighted by Gasteiger charge is -2.28. The van der Waals surface area contributed by atoms with E-state index in [0.29, 0.717) is 18.5 Å². The van der Waals surface area contributed by atoms with Gasteiger partial charge in [-0.2, -0.15) is 5.10 Å². The minimum Gasteiger partial charge on any atom is -0.365 e. The highest BCUT2D eigenvalue weighted by molar-refractivity contribution is 6.01. The number of amides is 2. The summed E-state index contributed by atoms with van der Waals surface area (Å²) < 4.78 is 42.2. The van der Waals surface area contributed by atoms with Gasteiger partial charge in [0.1, 0.15) is 11.3 Å². The molecule has 0 bridgehead atoms. The van der Waals surface area contributed by atoms with Crippen molar-refractivity contribution in [2.24, 2.45) is 11.5 Å². The summed E-state index contributed by atoms with van der Waals surface area (Å²) in [5.74, 6) is -1.84. The van der Waals surface area contributed by atoms with Crippen molar-refractivity contribution >= 4 is 17.5 Å². The largest absolute Gasteiger partial charge is 0.522 e. The Hall–Kier alpha value is -2.69. The van der Waals surface area contributed by atoms with Gasteiger partial charge in [-0.05, 0) is 31.7 Å². The van der Waals surface area contributed by atoms with E-state index < -0.39 is 24.3 Å². The molecular formula is C15H16F3N5O3. The monoisotopic (exact) mass is 371 g/mol. The molecule has 2 amide bonds. The number of nitrogens with zero attached hydrogens (tertiary/aromatic N) is 3. The van der Waals surface area contributed by atoms with E-state index in [1.165, 1.54) is 12.3 Å². The van der Waals surface area contributed by atoms with Crippen LogP contribution < -0.4 is 11.5 Å². The summed E-state index contributed by atoms with van der Waals surface area (Å²) in [7, 11) is 0. The maximum Gasteiger partial charge on any atom is 0.522 e. The number of carbonyl (C=O) groups excluding carboxylic acids is 2. The summed E-state index contributed by atoms with van der Waals surface area (Å²) in [5.41, 5.74) is 11.2. The first-order chi connectivity index (χ1) is 12.2. The van der Waals surface area contributed by atoms with Crippen LogP contribution in [0.2, 0.25) is 0 Å². The molecule has 8 nitrogen and oxygen atoms in total. The van der Waals surface area contributed by atoms with Crippen molar-refractivity contribution in [1.29, 1.82) is 0 Å². The molecule has 140 valence electrons. The Bertz CT molecular complexity index is 856. The van der Waals surface area contributed by atoms with Gasteiger partial charge >= 0.3 is 6.36 Å². The summed E-state index contributed by atoms with van der Waals surface area (Å²) in [5, 5.41) is 4.27. The fourth-order valence-electron chi connectivity index (χ4n) is 3.31. The van der Waals surface area contributed by atoms with Crippen LogP contribution in [-0.2, 0) is 4.74 Å². The lowest BCUT2D eigenvalue weighted by atomic mass is 9.84. The van der Waals surface area contributed by atoms with Crippen molar-refractivity contribution in [2.45, 2.75) is 44.1 Å². The van der Waals surface area contributed by atoms with E-state index >= 15 is 0 Å². The predicted octanol–water partition coefficient (Wildman–Crippen LogP) is 1.49. The minimum absolute atomic E-state index is 0.0258. The Labute approximate surface area is 145 Å². The van der Waals surface area contributed by atoms with Crippen LogP contribution in [0.4, 0.5) is 13.2 Å². The van der Waals surface area contributed by atoms with E-state index in [0.717, 1.165) is 4.52 Å². The van der Waals surface area contributed by atoms with Gasteiger partial charge in [-0.25, -0.2) is 9.50 Å². The first kappa shape index (κ1) is 18.1. The van der Waals surface area contributed by atoms with Gasteiger partial charge in [-0.1, -0.05) is 0 Å². The van der Waals surface area contributed by atoms with Gasteiger partial charge in [0.2, 0.25) is 0 Å². The van der Waals surface area contributed by atoms with E-state index in [4.69, 9.17) is 11.5 Å².